The van der Waals surface area contributed by atoms with Crippen LogP contribution in [0.15, 0.2) is 255 Å². The molecule has 0 bridgehead atoms. The van der Waals surface area contributed by atoms with Gasteiger partial charge in [-0.2, -0.15) is 0 Å². The maximum Gasteiger partial charge on any atom is 0.179 e. The molecule has 0 aliphatic heterocycles. The Morgan fingerprint density at radius 1 is 0.286 bits per heavy atom. The van der Waals surface area contributed by atoms with Gasteiger partial charge >= 0.3 is 0 Å². The Kier molecular flexibility index (Phi) is 8.12. The van der Waals surface area contributed by atoms with Gasteiger partial charge in [0.05, 0.1) is 26.2 Å². The number of hydrogen-bond donors (Lipinski definition) is 0. The van der Waals surface area contributed by atoms with E-state index in [2.05, 4.69) is 234 Å². The van der Waals surface area contributed by atoms with Gasteiger partial charge in [-0.05, 0) is 91.5 Å². The Hall–Kier alpha value is -7.98. The molecule has 0 radical (unpaired) electrons. The van der Waals surface area contributed by atoms with Crippen LogP contribution in [0.1, 0.15) is 4.11 Å². The van der Waals surface area contributed by atoms with Crippen molar-refractivity contribution in [1.29, 1.82) is 0 Å². The Labute approximate surface area is 372 Å². The van der Waals surface area contributed by atoms with Crippen LogP contribution in [0.4, 0.5) is 0 Å². The summed E-state index contributed by atoms with van der Waals surface area (Å²) in [6.07, 6.45) is 0. The van der Waals surface area contributed by atoms with Gasteiger partial charge in [-0.25, -0.2) is 0 Å². The van der Waals surface area contributed by atoms with E-state index in [1.807, 2.05) is 6.07 Å². The monoisotopic (exact) mass is 821 g/mol. The summed E-state index contributed by atoms with van der Waals surface area (Å²) in [5.74, 6) is 0. The summed E-state index contributed by atoms with van der Waals surface area (Å²) < 4.78 is 31.4. The molecular weight excluding hydrogens is 777 g/mol. The molecule has 2 nitrogen and oxygen atoms in total. The number of aromatic nitrogens is 2. The zero-order valence-electron chi connectivity index (χ0n) is 37.4. The summed E-state index contributed by atoms with van der Waals surface area (Å²) in [6.45, 7) is 0. The molecule has 0 atom stereocenters. The Balaban J connectivity index is 1.07. The molecule has 12 aromatic rings. The molecule has 0 amide bonds. The molecule has 296 valence electrons. The fourth-order valence-corrected chi connectivity index (χ4v) is 14.9. The molecular formula is C60H42N2Si. The summed E-state index contributed by atoms with van der Waals surface area (Å²) in [5, 5.41) is 9.03. The van der Waals surface area contributed by atoms with Crippen LogP contribution < -0.4 is 20.7 Å². The second kappa shape index (κ2) is 15.2. The maximum atomic E-state index is 9.24. The fraction of sp³-hybridized carbons (Fsp3) is 0. The van der Waals surface area contributed by atoms with E-state index >= 15 is 0 Å². The number of hydrogen-bond acceptors (Lipinski definition) is 0. The van der Waals surface area contributed by atoms with Crippen LogP contribution in [-0.4, -0.2) is 17.2 Å². The van der Waals surface area contributed by atoms with E-state index in [0.717, 1.165) is 66.3 Å². The summed E-state index contributed by atoms with van der Waals surface area (Å²) in [6, 6.07) is 84.7. The van der Waals surface area contributed by atoms with Gasteiger partial charge in [0.25, 0.3) is 0 Å². The summed E-state index contributed by atoms with van der Waals surface area (Å²) >= 11 is 0. The van der Waals surface area contributed by atoms with Crippen LogP contribution in [0.3, 0.4) is 0 Å². The van der Waals surface area contributed by atoms with Crippen LogP contribution >= 0.6 is 0 Å². The zero-order chi connectivity index (χ0) is 44.4. The molecule has 0 fully saturated rings. The predicted molar refractivity (Wildman–Crippen MR) is 270 cm³/mol. The van der Waals surface area contributed by atoms with Gasteiger partial charge < -0.3 is 9.13 Å². The van der Waals surface area contributed by atoms with Crippen LogP contribution in [0, 0.1) is 0 Å². The van der Waals surface area contributed by atoms with Gasteiger partial charge in [-0.3, -0.25) is 0 Å². The summed E-state index contributed by atoms with van der Waals surface area (Å²) in [7, 11) is -2.79. The van der Waals surface area contributed by atoms with Crippen molar-refractivity contribution in [2.24, 2.45) is 0 Å². The molecule has 10 aromatic carbocycles. The van der Waals surface area contributed by atoms with Crippen LogP contribution in [0.5, 0.6) is 0 Å². The number of rotatable bonds is 8. The molecule has 0 aliphatic rings. The molecule has 0 saturated heterocycles. The fourth-order valence-electron chi connectivity index (χ4n) is 10.1. The van der Waals surface area contributed by atoms with Crippen molar-refractivity contribution in [1.82, 2.24) is 9.13 Å². The SMILES string of the molecule is [2H]c1cc2c(c([2H])c1[2H])c1ccc(-c3cccc([Si](c4ccccc4)(c4ccccc4)c4ccccc4)c3)cc1n2-c1ccc2c(c1)c1ccccc1n2-c1cccc(-c2ccccc2)c1. The van der Waals surface area contributed by atoms with Gasteiger partial charge in [0.1, 0.15) is 0 Å². The van der Waals surface area contributed by atoms with Crippen LogP contribution in [-0.2, 0) is 0 Å². The highest BCUT2D eigenvalue weighted by atomic mass is 28.3. The first-order valence-corrected chi connectivity index (χ1v) is 23.5. The lowest BCUT2D eigenvalue weighted by atomic mass is 10.0. The van der Waals surface area contributed by atoms with E-state index in [1.165, 1.54) is 26.3 Å². The molecule has 0 aliphatic carbocycles. The van der Waals surface area contributed by atoms with Crippen LogP contribution in [0.2, 0.25) is 0 Å². The molecule has 0 unspecified atom stereocenters. The third kappa shape index (κ3) is 6.00. The lowest BCUT2D eigenvalue weighted by molar-refractivity contribution is 1.17. The van der Waals surface area contributed by atoms with E-state index in [-0.39, 0.29) is 18.1 Å². The largest absolute Gasteiger partial charge is 0.309 e. The standard InChI is InChI=1S/C60H42N2Si/c1-5-19-43(20-6-1)44-21-17-23-47(39-44)61-58-34-16-14-32-54(58)56-42-48(36-38-59(56)61)62-57-33-15-13-31-53(57)55-37-35-46(41-60(55)62)45-22-18-30-52(40-45)63(49-24-7-2-8-25-49,50-26-9-3-10-27-50)51-28-11-4-12-29-51/h1-42H/i13D,15D,31D. The van der Waals surface area contributed by atoms with Crippen molar-refractivity contribution in [3.05, 3.63) is 255 Å². The molecule has 0 saturated carbocycles. The zero-order valence-corrected chi connectivity index (χ0v) is 35.4. The summed E-state index contributed by atoms with van der Waals surface area (Å²) in [4.78, 5) is 0. The highest BCUT2D eigenvalue weighted by Crippen LogP contribution is 2.38. The van der Waals surface area contributed by atoms with Crippen molar-refractivity contribution >= 4 is 72.4 Å². The third-order valence-electron chi connectivity index (χ3n) is 12.8. The van der Waals surface area contributed by atoms with E-state index in [4.69, 9.17) is 2.74 Å². The minimum absolute atomic E-state index is 0.0319. The minimum Gasteiger partial charge on any atom is -0.309 e. The van der Waals surface area contributed by atoms with Crippen molar-refractivity contribution in [3.8, 4) is 33.6 Å². The average Bonchev–Trinajstić information content (AvgIpc) is 3.89. The molecule has 0 N–H and O–H groups in total. The van der Waals surface area contributed by atoms with Crippen molar-refractivity contribution in [2.75, 3.05) is 0 Å². The molecule has 3 heteroatoms. The maximum absolute atomic E-state index is 9.24. The Bertz CT molecular complexity index is 3690. The second-order valence-electron chi connectivity index (χ2n) is 16.3. The van der Waals surface area contributed by atoms with E-state index < -0.39 is 8.07 Å². The quantitative estimate of drug-likeness (QED) is 0.107. The number of benzene rings is 10. The van der Waals surface area contributed by atoms with Crippen molar-refractivity contribution in [3.63, 3.8) is 0 Å². The van der Waals surface area contributed by atoms with E-state index in [0.29, 0.717) is 5.39 Å². The average molecular weight is 822 g/mol. The highest BCUT2D eigenvalue weighted by molar-refractivity contribution is 7.19. The molecule has 12 rings (SSSR count). The molecule has 2 heterocycles. The minimum atomic E-state index is -2.79. The van der Waals surface area contributed by atoms with Gasteiger partial charge in [-0.15, -0.1) is 0 Å². The topological polar surface area (TPSA) is 9.86 Å². The van der Waals surface area contributed by atoms with Gasteiger partial charge in [0.15, 0.2) is 8.07 Å². The molecule has 63 heavy (non-hydrogen) atoms. The van der Waals surface area contributed by atoms with E-state index in [9.17, 15) is 1.37 Å². The first kappa shape index (κ1) is 33.7. The Morgan fingerprint density at radius 2 is 0.794 bits per heavy atom. The smallest absolute Gasteiger partial charge is 0.179 e. The van der Waals surface area contributed by atoms with E-state index in [1.54, 1.807) is 6.07 Å². The van der Waals surface area contributed by atoms with Gasteiger partial charge in [0, 0.05) is 32.9 Å². The first-order chi connectivity index (χ1) is 32.5. The summed E-state index contributed by atoms with van der Waals surface area (Å²) in [5.41, 5.74) is 10.3. The normalized spacial score (nSPS) is 12.5. The predicted octanol–water partition coefficient (Wildman–Crippen LogP) is 12.6. The highest BCUT2D eigenvalue weighted by Gasteiger charge is 2.41. The molecule has 0 spiro atoms. The van der Waals surface area contributed by atoms with Gasteiger partial charge in [-0.1, -0.05) is 206 Å². The lowest BCUT2D eigenvalue weighted by Gasteiger charge is -2.34. The third-order valence-corrected chi connectivity index (χ3v) is 17.6. The lowest BCUT2D eigenvalue weighted by Crippen LogP contribution is -2.74. The van der Waals surface area contributed by atoms with Crippen LogP contribution in [0.25, 0.3) is 77.2 Å². The molecule has 2 aromatic heterocycles. The number of nitrogens with zero attached hydrogens (tertiary/aromatic N) is 2. The van der Waals surface area contributed by atoms with Crippen molar-refractivity contribution < 1.29 is 4.11 Å². The Morgan fingerprint density at radius 3 is 1.51 bits per heavy atom. The van der Waals surface area contributed by atoms with Gasteiger partial charge in [0.2, 0.25) is 0 Å². The number of fused-ring (bicyclic) bond motifs is 6. The number of para-hydroxylation sites is 2. The van der Waals surface area contributed by atoms with Crippen molar-refractivity contribution in [2.45, 2.75) is 0 Å². The first-order valence-electron chi connectivity index (χ1n) is 23.0. The second-order valence-corrected chi connectivity index (χ2v) is 20.1.